The van der Waals surface area contributed by atoms with E-state index in [9.17, 15) is 26.8 Å². The molecule has 0 saturated carbocycles. The second-order valence-corrected chi connectivity index (χ2v) is 9.36. The number of likely N-dealkylation sites (N-methyl/N-ethyl adjacent to an activating group) is 1. The highest BCUT2D eigenvalue weighted by Crippen LogP contribution is 2.25. The van der Waals surface area contributed by atoms with Crippen LogP contribution in [-0.4, -0.2) is 44.7 Å². The van der Waals surface area contributed by atoms with Gasteiger partial charge in [0.25, 0.3) is 5.91 Å². The quantitative estimate of drug-likeness (QED) is 0.646. The molecular formula is C20H22ClF2N3O4S. The SMILES string of the molecule is CNC(=O)C(NC(=O)c1cc(S(=O)(=O)N(C)C(C)C)ccc1Cl)c1ccc(F)c(F)c1. The van der Waals surface area contributed by atoms with Crippen LogP contribution in [-0.2, 0) is 14.8 Å². The van der Waals surface area contributed by atoms with E-state index < -0.39 is 39.5 Å². The Morgan fingerprint density at radius 2 is 1.71 bits per heavy atom. The van der Waals surface area contributed by atoms with E-state index >= 15 is 0 Å². The van der Waals surface area contributed by atoms with Crippen LogP contribution >= 0.6 is 11.6 Å². The second kappa shape index (κ2) is 9.71. The molecule has 2 rings (SSSR count). The van der Waals surface area contributed by atoms with Crippen molar-refractivity contribution in [3.8, 4) is 0 Å². The van der Waals surface area contributed by atoms with E-state index in [0.717, 1.165) is 28.6 Å². The van der Waals surface area contributed by atoms with Crippen LogP contribution in [0.15, 0.2) is 41.3 Å². The van der Waals surface area contributed by atoms with Gasteiger partial charge in [-0.25, -0.2) is 17.2 Å². The van der Waals surface area contributed by atoms with Gasteiger partial charge in [-0.3, -0.25) is 9.59 Å². The Morgan fingerprint density at radius 3 is 2.26 bits per heavy atom. The molecule has 2 N–H and O–H groups in total. The molecule has 7 nitrogen and oxygen atoms in total. The minimum absolute atomic E-state index is 0.00830. The van der Waals surface area contributed by atoms with Crippen LogP contribution in [0.2, 0.25) is 5.02 Å². The first-order valence-electron chi connectivity index (χ1n) is 9.15. The van der Waals surface area contributed by atoms with Crippen molar-refractivity contribution in [1.82, 2.24) is 14.9 Å². The molecule has 11 heteroatoms. The van der Waals surface area contributed by atoms with Gasteiger partial charge < -0.3 is 10.6 Å². The summed E-state index contributed by atoms with van der Waals surface area (Å²) in [5, 5.41) is 4.66. The average Bonchev–Trinajstić information content (AvgIpc) is 2.72. The molecule has 2 amide bonds. The summed E-state index contributed by atoms with van der Waals surface area (Å²) in [6, 6.07) is 4.68. The van der Waals surface area contributed by atoms with Crippen molar-refractivity contribution < 1.29 is 26.8 Å². The van der Waals surface area contributed by atoms with Crippen LogP contribution in [0.1, 0.15) is 35.8 Å². The lowest BCUT2D eigenvalue weighted by Gasteiger charge is -2.22. The van der Waals surface area contributed by atoms with Gasteiger partial charge in [-0.15, -0.1) is 0 Å². The zero-order chi connectivity index (χ0) is 23.5. The third-order valence-electron chi connectivity index (χ3n) is 4.65. The van der Waals surface area contributed by atoms with Crippen molar-refractivity contribution in [3.63, 3.8) is 0 Å². The van der Waals surface area contributed by atoms with E-state index in [1.165, 1.54) is 26.2 Å². The Morgan fingerprint density at radius 1 is 1.06 bits per heavy atom. The molecule has 168 valence electrons. The molecule has 0 spiro atoms. The molecule has 0 heterocycles. The molecule has 1 atom stereocenters. The average molecular weight is 474 g/mol. The van der Waals surface area contributed by atoms with Gasteiger partial charge in [-0.1, -0.05) is 17.7 Å². The molecule has 2 aromatic carbocycles. The molecule has 0 saturated heterocycles. The predicted octanol–water partition coefficient (Wildman–Crippen LogP) is 2.86. The summed E-state index contributed by atoms with van der Waals surface area (Å²) in [5.41, 5.74) is -0.206. The van der Waals surface area contributed by atoms with Crippen molar-refractivity contribution >= 4 is 33.4 Å². The summed E-state index contributed by atoms with van der Waals surface area (Å²) in [7, 11) is -1.19. The molecule has 1 unspecified atom stereocenters. The lowest BCUT2D eigenvalue weighted by atomic mass is 10.0. The Kier molecular flexibility index (Phi) is 7.74. The summed E-state index contributed by atoms with van der Waals surface area (Å²) in [6.07, 6.45) is 0. The summed E-state index contributed by atoms with van der Waals surface area (Å²) < 4.78 is 53.5. The number of nitrogens with zero attached hydrogens (tertiary/aromatic N) is 1. The van der Waals surface area contributed by atoms with E-state index in [-0.39, 0.29) is 27.1 Å². The molecule has 0 fully saturated rings. The van der Waals surface area contributed by atoms with E-state index in [1.807, 2.05) is 0 Å². The van der Waals surface area contributed by atoms with Crippen molar-refractivity contribution in [3.05, 3.63) is 64.2 Å². The van der Waals surface area contributed by atoms with Crippen LogP contribution in [0.5, 0.6) is 0 Å². The fourth-order valence-corrected chi connectivity index (χ4v) is 4.23. The van der Waals surface area contributed by atoms with Crippen LogP contribution in [0.4, 0.5) is 8.78 Å². The molecule has 31 heavy (non-hydrogen) atoms. The van der Waals surface area contributed by atoms with Gasteiger partial charge in [-0.2, -0.15) is 4.31 Å². The summed E-state index contributed by atoms with van der Waals surface area (Å²) in [5.74, 6) is -3.86. The Balaban J connectivity index is 2.44. The first-order chi connectivity index (χ1) is 14.4. The maximum Gasteiger partial charge on any atom is 0.253 e. The lowest BCUT2D eigenvalue weighted by molar-refractivity contribution is -0.122. The van der Waals surface area contributed by atoms with Gasteiger partial charge in [0.2, 0.25) is 15.9 Å². The minimum atomic E-state index is -3.90. The standard InChI is InChI=1S/C20H22ClF2N3O4S/c1-11(2)26(4)31(29,30)13-6-7-15(21)14(10-13)19(27)25-18(20(28)24-3)12-5-8-16(22)17(23)9-12/h5-11,18H,1-4H3,(H,24,28)(H,25,27). The fraction of sp³-hybridized carbons (Fsp3) is 0.300. The molecule has 0 bridgehead atoms. The lowest BCUT2D eigenvalue weighted by Crippen LogP contribution is -2.39. The van der Waals surface area contributed by atoms with Crippen molar-refractivity contribution in [2.45, 2.75) is 30.8 Å². The van der Waals surface area contributed by atoms with Gasteiger partial charge in [0.05, 0.1) is 15.5 Å². The maximum absolute atomic E-state index is 13.6. The summed E-state index contributed by atoms with van der Waals surface area (Å²) in [4.78, 5) is 25.0. The Labute approximate surface area is 184 Å². The number of carbonyl (C=O) groups excluding carboxylic acids is 2. The van der Waals surface area contributed by atoms with Crippen LogP contribution in [0.25, 0.3) is 0 Å². The van der Waals surface area contributed by atoms with E-state index in [1.54, 1.807) is 13.8 Å². The Hall–Kier alpha value is -2.56. The van der Waals surface area contributed by atoms with E-state index in [0.29, 0.717) is 0 Å². The number of halogens is 3. The smallest absolute Gasteiger partial charge is 0.253 e. The van der Waals surface area contributed by atoms with Crippen molar-refractivity contribution in [1.29, 1.82) is 0 Å². The van der Waals surface area contributed by atoms with Gasteiger partial charge in [-0.05, 0) is 49.7 Å². The van der Waals surface area contributed by atoms with Gasteiger partial charge in [0.15, 0.2) is 11.6 Å². The maximum atomic E-state index is 13.6. The molecule has 0 aromatic heterocycles. The van der Waals surface area contributed by atoms with Gasteiger partial charge >= 0.3 is 0 Å². The zero-order valence-electron chi connectivity index (χ0n) is 17.2. The number of carbonyl (C=O) groups is 2. The van der Waals surface area contributed by atoms with Crippen LogP contribution < -0.4 is 10.6 Å². The zero-order valence-corrected chi connectivity index (χ0v) is 18.8. The van der Waals surface area contributed by atoms with E-state index in [2.05, 4.69) is 10.6 Å². The summed E-state index contributed by atoms with van der Waals surface area (Å²) >= 11 is 6.09. The van der Waals surface area contributed by atoms with Gasteiger partial charge in [0.1, 0.15) is 6.04 Å². The number of hydrogen-bond acceptors (Lipinski definition) is 4. The largest absolute Gasteiger partial charge is 0.357 e. The third kappa shape index (κ3) is 5.38. The number of amides is 2. The molecule has 0 aliphatic carbocycles. The first kappa shape index (κ1) is 24.7. The highest BCUT2D eigenvalue weighted by atomic mass is 35.5. The highest BCUT2D eigenvalue weighted by Gasteiger charge is 2.27. The minimum Gasteiger partial charge on any atom is -0.357 e. The van der Waals surface area contributed by atoms with Crippen molar-refractivity contribution in [2.24, 2.45) is 0 Å². The van der Waals surface area contributed by atoms with Crippen LogP contribution in [0.3, 0.4) is 0 Å². The molecule has 0 radical (unpaired) electrons. The fourth-order valence-electron chi connectivity index (χ4n) is 2.63. The van der Waals surface area contributed by atoms with E-state index in [4.69, 9.17) is 11.6 Å². The number of sulfonamides is 1. The third-order valence-corrected chi connectivity index (χ3v) is 7.01. The normalized spacial score (nSPS) is 12.7. The molecular weight excluding hydrogens is 452 g/mol. The Bertz CT molecular complexity index is 1110. The number of nitrogens with one attached hydrogen (secondary N) is 2. The highest BCUT2D eigenvalue weighted by molar-refractivity contribution is 7.89. The molecule has 0 aliphatic rings. The topological polar surface area (TPSA) is 95.6 Å². The first-order valence-corrected chi connectivity index (χ1v) is 11.0. The monoisotopic (exact) mass is 473 g/mol. The number of hydrogen-bond donors (Lipinski definition) is 2. The van der Waals surface area contributed by atoms with Gasteiger partial charge in [0, 0.05) is 20.1 Å². The van der Waals surface area contributed by atoms with Crippen LogP contribution in [0, 0.1) is 11.6 Å². The number of rotatable bonds is 7. The second-order valence-electron chi connectivity index (χ2n) is 6.95. The molecule has 0 aliphatic heterocycles. The predicted molar refractivity (Wildman–Crippen MR) is 112 cm³/mol. The number of benzene rings is 2. The van der Waals surface area contributed by atoms with Crippen molar-refractivity contribution in [2.75, 3.05) is 14.1 Å². The summed E-state index contributed by atoms with van der Waals surface area (Å²) in [6.45, 7) is 3.38. The molecule has 2 aromatic rings.